The smallest absolute Gasteiger partial charge is 0.337 e. The maximum atomic E-state index is 12.7. The Hall–Kier alpha value is -1.92. The summed E-state index contributed by atoms with van der Waals surface area (Å²) < 4.78 is 4.75. The number of carbonyl (C=O) groups is 3. The number of benzene rings is 1. The second-order valence-corrected chi connectivity index (χ2v) is 6.80. The monoisotopic (exact) mass is 364 g/mol. The van der Waals surface area contributed by atoms with Crippen LogP contribution in [0.3, 0.4) is 0 Å². The van der Waals surface area contributed by atoms with E-state index in [9.17, 15) is 14.4 Å². The molecule has 0 radical (unpaired) electrons. The number of hydrogen-bond acceptors (Lipinski definition) is 5. The van der Waals surface area contributed by atoms with Crippen LogP contribution < -0.4 is 4.90 Å². The molecule has 7 heteroatoms. The molecule has 6 nitrogen and oxygen atoms in total. The van der Waals surface area contributed by atoms with E-state index in [2.05, 4.69) is 11.8 Å². The molecule has 0 spiro atoms. The lowest BCUT2D eigenvalue weighted by Crippen LogP contribution is -2.45. The van der Waals surface area contributed by atoms with Gasteiger partial charge in [0.1, 0.15) is 0 Å². The Morgan fingerprint density at radius 2 is 2.08 bits per heavy atom. The van der Waals surface area contributed by atoms with Crippen LogP contribution in [0.5, 0.6) is 0 Å². The van der Waals surface area contributed by atoms with Crippen molar-refractivity contribution in [2.45, 2.75) is 32.2 Å². The number of likely N-dealkylation sites (tertiary alicyclic amines) is 1. The molecule has 1 fully saturated rings. The fourth-order valence-electron chi connectivity index (χ4n) is 3.62. The second kappa shape index (κ2) is 7.14. The Kier molecular flexibility index (Phi) is 5.11. The minimum absolute atomic E-state index is 0.107. The SMILES string of the molecule is CCN1CCCCC(N2C(=O)C(=O)c3c(Cl)cc(C(=O)OC)cc32)C1. The highest BCUT2D eigenvalue weighted by atomic mass is 35.5. The van der Waals surface area contributed by atoms with E-state index in [1.54, 1.807) is 0 Å². The molecule has 2 aliphatic heterocycles. The van der Waals surface area contributed by atoms with Gasteiger partial charge in [-0.1, -0.05) is 24.9 Å². The third kappa shape index (κ3) is 3.16. The molecule has 1 amide bonds. The molecule has 1 aromatic rings. The minimum atomic E-state index is -0.608. The lowest BCUT2D eigenvalue weighted by molar-refractivity contribution is -0.114. The van der Waals surface area contributed by atoms with Crippen molar-refractivity contribution in [1.29, 1.82) is 0 Å². The molecule has 0 aliphatic carbocycles. The quantitative estimate of drug-likeness (QED) is 0.609. The predicted octanol–water partition coefficient (Wildman–Crippen LogP) is 2.53. The summed E-state index contributed by atoms with van der Waals surface area (Å²) in [5, 5.41) is 0.111. The molecule has 2 heterocycles. The number of halogens is 1. The first-order chi connectivity index (χ1) is 12.0. The number of rotatable bonds is 3. The van der Waals surface area contributed by atoms with Crippen molar-refractivity contribution >= 4 is 34.9 Å². The zero-order chi connectivity index (χ0) is 18.1. The van der Waals surface area contributed by atoms with Crippen molar-refractivity contribution in [3.63, 3.8) is 0 Å². The average molecular weight is 365 g/mol. The molecule has 0 N–H and O–H groups in total. The number of nitrogens with zero attached hydrogens (tertiary/aromatic N) is 2. The highest BCUT2D eigenvalue weighted by Crippen LogP contribution is 2.38. The Bertz CT molecular complexity index is 734. The van der Waals surface area contributed by atoms with Crippen LogP contribution in [-0.2, 0) is 9.53 Å². The van der Waals surface area contributed by atoms with Gasteiger partial charge in [0.05, 0.1) is 35.0 Å². The van der Waals surface area contributed by atoms with Crippen molar-refractivity contribution in [3.05, 3.63) is 28.3 Å². The Labute approximate surface area is 151 Å². The fraction of sp³-hybridized carbons (Fsp3) is 0.500. The second-order valence-electron chi connectivity index (χ2n) is 6.39. The number of methoxy groups -OCH3 is 1. The van der Waals surface area contributed by atoms with Crippen molar-refractivity contribution in [2.24, 2.45) is 0 Å². The standard InChI is InChI=1S/C18H21ClN2O4/c1-3-20-7-5-4-6-12(10-20)21-14-9-11(18(24)25-2)8-13(19)15(14)16(22)17(21)23/h8-9,12H,3-7,10H2,1-2H3. The number of anilines is 1. The molecule has 0 aromatic heterocycles. The highest BCUT2D eigenvalue weighted by molar-refractivity contribution is 6.55. The van der Waals surface area contributed by atoms with E-state index in [-0.39, 0.29) is 22.2 Å². The van der Waals surface area contributed by atoms with Crippen LogP contribution in [-0.4, -0.2) is 55.3 Å². The number of Topliss-reactive ketones (excluding diaryl/α,β-unsaturated/α-hetero) is 1. The first-order valence-corrected chi connectivity index (χ1v) is 8.87. The summed E-state index contributed by atoms with van der Waals surface area (Å²) in [5.41, 5.74) is 0.845. The lowest BCUT2D eigenvalue weighted by Gasteiger charge is -2.30. The average Bonchev–Trinajstić information content (AvgIpc) is 2.77. The van der Waals surface area contributed by atoms with Crippen LogP contribution in [0, 0.1) is 0 Å². The van der Waals surface area contributed by atoms with E-state index >= 15 is 0 Å². The Morgan fingerprint density at radius 3 is 2.76 bits per heavy atom. The zero-order valence-electron chi connectivity index (χ0n) is 14.4. The molecule has 1 saturated heterocycles. The largest absolute Gasteiger partial charge is 0.465 e. The number of fused-ring (bicyclic) bond motifs is 1. The molecule has 134 valence electrons. The summed E-state index contributed by atoms with van der Waals surface area (Å²) >= 11 is 6.21. The summed E-state index contributed by atoms with van der Waals surface area (Å²) in [6, 6.07) is 2.81. The van der Waals surface area contributed by atoms with Gasteiger partial charge in [-0.2, -0.15) is 0 Å². The summed E-state index contributed by atoms with van der Waals surface area (Å²) in [5.74, 6) is -1.72. The van der Waals surface area contributed by atoms with Gasteiger partial charge in [0.25, 0.3) is 11.7 Å². The van der Waals surface area contributed by atoms with Crippen LogP contribution in [0.25, 0.3) is 0 Å². The van der Waals surface area contributed by atoms with Gasteiger partial charge in [-0.15, -0.1) is 0 Å². The van der Waals surface area contributed by atoms with Gasteiger partial charge < -0.3 is 14.5 Å². The van der Waals surface area contributed by atoms with Gasteiger partial charge in [0.2, 0.25) is 0 Å². The van der Waals surface area contributed by atoms with Gasteiger partial charge in [0, 0.05) is 6.54 Å². The lowest BCUT2D eigenvalue weighted by atomic mass is 10.1. The maximum Gasteiger partial charge on any atom is 0.337 e. The molecule has 25 heavy (non-hydrogen) atoms. The first-order valence-electron chi connectivity index (χ1n) is 8.50. The van der Waals surface area contributed by atoms with Crippen molar-refractivity contribution in [2.75, 3.05) is 31.6 Å². The molecule has 3 rings (SSSR count). The molecular weight excluding hydrogens is 344 g/mol. The van der Waals surface area contributed by atoms with E-state index in [1.165, 1.54) is 24.1 Å². The van der Waals surface area contributed by atoms with E-state index in [0.717, 1.165) is 32.4 Å². The van der Waals surface area contributed by atoms with E-state index in [1.807, 2.05) is 0 Å². The van der Waals surface area contributed by atoms with Gasteiger partial charge in [-0.05, 0) is 38.1 Å². The van der Waals surface area contributed by atoms with E-state index in [4.69, 9.17) is 16.3 Å². The molecular formula is C18H21ClN2O4. The number of ketones is 1. The van der Waals surface area contributed by atoms with E-state index in [0.29, 0.717) is 12.2 Å². The van der Waals surface area contributed by atoms with Gasteiger partial charge in [-0.3, -0.25) is 9.59 Å². The number of hydrogen-bond donors (Lipinski definition) is 0. The highest BCUT2D eigenvalue weighted by Gasteiger charge is 2.42. The van der Waals surface area contributed by atoms with Gasteiger partial charge in [-0.25, -0.2) is 4.79 Å². The van der Waals surface area contributed by atoms with Gasteiger partial charge in [0.15, 0.2) is 0 Å². The molecule has 0 bridgehead atoms. The number of amides is 1. The zero-order valence-corrected chi connectivity index (χ0v) is 15.1. The summed E-state index contributed by atoms with van der Waals surface area (Å²) in [6.45, 7) is 4.66. The summed E-state index contributed by atoms with van der Waals surface area (Å²) in [6.07, 6.45) is 2.87. The fourth-order valence-corrected chi connectivity index (χ4v) is 3.93. The third-order valence-electron chi connectivity index (χ3n) is 4.93. The number of carbonyl (C=O) groups excluding carboxylic acids is 3. The van der Waals surface area contributed by atoms with Crippen molar-refractivity contribution in [3.8, 4) is 0 Å². The number of likely N-dealkylation sites (N-methyl/N-ethyl adjacent to an activating group) is 1. The van der Waals surface area contributed by atoms with E-state index < -0.39 is 17.7 Å². The number of esters is 1. The Balaban J connectivity index is 2.05. The molecule has 0 saturated carbocycles. The number of ether oxygens (including phenoxy) is 1. The van der Waals surface area contributed by atoms with Crippen LogP contribution in [0.4, 0.5) is 5.69 Å². The summed E-state index contributed by atoms with van der Waals surface area (Å²) in [4.78, 5) is 40.8. The minimum Gasteiger partial charge on any atom is -0.465 e. The van der Waals surface area contributed by atoms with Crippen molar-refractivity contribution < 1.29 is 19.1 Å². The Morgan fingerprint density at radius 1 is 1.32 bits per heavy atom. The van der Waals surface area contributed by atoms with Crippen LogP contribution >= 0.6 is 11.6 Å². The van der Waals surface area contributed by atoms with Crippen LogP contribution in [0.2, 0.25) is 5.02 Å². The van der Waals surface area contributed by atoms with Crippen molar-refractivity contribution in [1.82, 2.24) is 4.90 Å². The maximum absolute atomic E-state index is 12.7. The van der Waals surface area contributed by atoms with Gasteiger partial charge >= 0.3 is 5.97 Å². The predicted molar refractivity (Wildman–Crippen MR) is 94.4 cm³/mol. The third-order valence-corrected chi connectivity index (χ3v) is 5.23. The molecule has 1 unspecified atom stereocenters. The topological polar surface area (TPSA) is 66.9 Å². The first kappa shape index (κ1) is 17.9. The van der Waals surface area contributed by atoms with Crippen LogP contribution in [0.15, 0.2) is 12.1 Å². The molecule has 1 atom stereocenters. The summed E-state index contributed by atoms with van der Waals surface area (Å²) in [7, 11) is 1.28. The normalized spacial score (nSPS) is 21.2. The molecule has 2 aliphatic rings. The van der Waals surface area contributed by atoms with Crippen LogP contribution in [0.1, 0.15) is 46.9 Å². The molecule has 1 aromatic carbocycles.